The van der Waals surface area contributed by atoms with Crippen LogP contribution in [0.1, 0.15) is 45.1 Å². The van der Waals surface area contributed by atoms with E-state index in [0.29, 0.717) is 11.7 Å². The van der Waals surface area contributed by atoms with Crippen molar-refractivity contribution in [3.05, 3.63) is 47.4 Å². The molecule has 2 saturated carbocycles. The third-order valence-electron chi connectivity index (χ3n) is 7.47. The van der Waals surface area contributed by atoms with Gasteiger partial charge in [-0.05, 0) is 54.1 Å². The Kier molecular flexibility index (Phi) is 5.37. The summed E-state index contributed by atoms with van der Waals surface area (Å²) in [5.41, 5.74) is 1.02. The maximum absolute atomic E-state index is 13.7. The summed E-state index contributed by atoms with van der Waals surface area (Å²) in [6.07, 6.45) is 3.86. The molecule has 148 valence electrons. The number of benzene rings is 1. The van der Waals surface area contributed by atoms with Gasteiger partial charge in [0.1, 0.15) is 4.08 Å². The van der Waals surface area contributed by atoms with E-state index in [1.54, 1.807) is 0 Å². The molecule has 1 N–H and O–H groups in total. The molecule has 5 heteroatoms. The minimum Gasteiger partial charge on any atom is -0.392 e. The summed E-state index contributed by atoms with van der Waals surface area (Å²) in [6.45, 7) is 8.95. The zero-order chi connectivity index (χ0) is 19.3. The zero-order valence-corrected chi connectivity index (χ0v) is 18.7. The number of fused-ring (bicyclic) bond motifs is 2. The van der Waals surface area contributed by atoms with Crippen LogP contribution in [0.25, 0.3) is 0 Å². The average Bonchev–Trinajstić information content (AvgIpc) is 3.03. The van der Waals surface area contributed by atoms with E-state index in [1.807, 2.05) is 29.6 Å². The Morgan fingerprint density at radius 2 is 1.93 bits per heavy atom. The molecule has 0 amide bonds. The lowest BCUT2D eigenvalue weighted by Gasteiger charge is -2.42. The van der Waals surface area contributed by atoms with Crippen molar-refractivity contribution < 1.29 is 9.32 Å². The first kappa shape index (κ1) is 20.1. The van der Waals surface area contributed by atoms with E-state index in [9.17, 15) is 9.32 Å². The monoisotopic (exact) mass is 422 g/mol. The van der Waals surface area contributed by atoms with E-state index < -0.39 is 10.8 Å². The second-order valence-corrected chi connectivity index (χ2v) is 13.2. The highest BCUT2D eigenvalue weighted by atomic mass is 32.2. The van der Waals surface area contributed by atoms with Gasteiger partial charge in [-0.25, -0.2) is 0 Å². The summed E-state index contributed by atoms with van der Waals surface area (Å²) in [5, 5.41) is 10.9. The first-order chi connectivity index (χ1) is 12.8. The lowest BCUT2D eigenvalue weighted by Crippen LogP contribution is -2.44. The maximum atomic E-state index is 13.7. The van der Waals surface area contributed by atoms with Gasteiger partial charge in [-0.15, -0.1) is 23.5 Å². The predicted octanol–water partition coefficient (Wildman–Crippen LogP) is 5.16. The smallest absolute Gasteiger partial charge is 0.119 e. The highest BCUT2D eigenvalue weighted by Crippen LogP contribution is 2.66. The number of hydrogen-bond donors (Lipinski definition) is 1. The van der Waals surface area contributed by atoms with Crippen LogP contribution in [0.3, 0.4) is 0 Å². The molecular weight excluding hydrogens is 392 g/mol. The summed E-state index contributed by atoms with van der Waals surface area (Å²) in [7, 11) is -1.17. The third kappa shape index (κ3) is 2.99. The molecule has 3 aliphatic rings. The minimum absolute atomic E-state index is 0.0507. The molecule has 1 aromatic carbocycles. The highest BCUT2D eigenvalue weighted by Gasteiger charge is 2.64. The standard InChI is InChI=1S/C22H30O2S3/c1-16(22(25-12-7-13-26-22)17-8-5-4-6-9-17)27(24)15-21-11-10-18(14-19(21)23)20(21,2)3/h4-6,8-9,18-19,23H,1,7,10-15H2,2-3H3/t18-,19-,21-,27-/m1/s1. The molecule has 3 fully saturated rings. The van der Waals surface area contributed by atoms with Crippen LogP contribution in [0, 0.1) is 16.7 Å². The van der Waals surface area contributed by atoms with Crippen molar-refractivity contribution in [1.82, 2.24) is 0 Å². The molecule has 1 saturated heterocycles. The molecule has 2 nitrogen and oxygen atoms in total. The van der Waals surface area contributed by atoms with E-state index in [1.165, 1.54) is 12.0 Å². The SMILES string of the molecule is C=C([S@](=O)C[C@]12CC[C@H](C[C@H]1O)C2(C)C)C1(c2ccccc2)SCCCS1. The molecule has 2 aliphatic carbocycles. The van der Waals surface area contributed by atoms with E-state index in [-0.39, 0.29) is 21.0 Å². The summed E-state index contributed by atoms with van der Waals surface area (Å²) < 4.78 is 13.3. The number of hydrogen-bond acceptors (Lipinski definition) is 4. The van der Waals surface area contributed by atoms with E-state index >= 15 is 0 Å². The van der Waals surface area contributed by atoms with Crippen molar-refractivity contribution in [3.8, 4) is 0 Å². The molecule has 2 bridgehead atoms. The summed E-state index contributed by atoms with van der Waals surface area (Å²) >= 11 is 3.77. The van der Waals surface area contributed by atoms with Gasteiger partial charge in [-0.1, -0.05) is 50.8 Å². The van der Waals surface area contributed by atoms with Gasteiger partial charge in [-0.2, -0.15) is 0 Å². The van der Waals surface area contributed by atoms with Crippen molar-refractivity contribution in [2.24, 2.45) is 16.7 Å². The van der Waals surface area contributed by atoms with Gasteiger partial charge in [0.05, 0.1) is 16.9 Å². The van der Waals surface area contributed by atoms with Gasteiger partial charge >= 0.3 is 0 Å². The van der Waals surface area contributed by atoms with Crippen molar-refractivity contribution in [2.45, 2.75) is 49.7 Å². The minimum atomic E-state index is -1.17. The second kappa shape index (κ2) is 7.23. The largest absolute Gasteiger partial charge is 0.392 e. The Hall–Kier alpha value is -0.230. The highest BCUT2D eigenvalue weighted by molar-refractivity contribution is 8.19. The molecule has 1 aromatic rings. The molecule has 0 spiro atoms. The molecule has 4 atom stereocenters. The lowest BCUT2D eigenvalue weighted by molar-refractivity contribution is 0.0161. The van der Waals surface area contributed by atoms with Crippen LogP contribution in [0.4, 0.5) is 0 Å². The van der Waals surface area contributed by atoms with Gasteiger partial charge in [0.25, 0.3) is 0 Å². The molecule has 0 aromatic heterocycles. The van der Waals surface area contributed by atoms with Gasteiger partial charge in [0.15, 0.2) is 0 Å². The van der Waals surface area contributed by atoms with Crippen LogP contribution in [-0.4, -0.2) is 32.7 Å². The Morgan fingerprint density at radius 1 is 1.26 bits per heavy atom. The first-order valence-corrected chi connectivity index (χ1v) is 13.2. The Balaban J connectivity index is 1.64. The van der Waals surface area contributed by atoms with Crippen LogP contribution in [0.15, 0.2) is 41.8 Å². The summed E-state index contributed by atoms with van der Waals surface area (Å²) in [4.78, 5) is 0.830. The Labute approximate surface area is 174 Å². The summed E-state index contributed by atoms with van der Waals surface area (Å²) in [6, 6.07) is 10.4. The number of aliphatic hydroxyl groups excluding tert-OH is 1. The van der Waals surface area contributed by atoms with Crippen LogP contribution in [0.5, 0.6) is 0 Å². The predicted molar refractivity (Wildman–Crippen MR) is 119 cm³/mol. The fourth-order valence-electron chi connectivity index (χ4n) is 5.53. The summed E-state index contributed by atoms with van der Waals surface area (Å²) in [5.74, 6) is 3.24. The molecule has 1 heterocycles. The average molecular weight is 423 g/mol. The van der Waals surface area contributed by atoms with Crippen LogP contribution in [0.2, 0.25) is 0 Å². The van der Waals surface area contributed by atoms with Crippen LogP contribution >= 0.6 is 23.5 Å². The van der Waals surface area contributed by atoms with E-state index in [4.69, 9.17) is 0 Å². The van der Waals surface area contributed by atoms with Gasteiger partial charge in [-0.3, -0.25) is 4.21 Å². The van der Waals surface area contributed by atoms with Gasteiger partial charge in [0.2, 0.25) is 0 Å². The molecule has 4 rings (SSSR count). The first-order valence-electron chi connectivity index (χ1n) is 9.93. The van der Waals surface area contributed by atoms with Gasteiger partial charge < -0.3 is 5.11 Å². The van der Waals surface area contributed by atoms with Crippen LogP contribution in [-0.2, 0) is 14.9 Å². The molecule has 1 aliphatic heterocycles. The fourth-order valence-corrected chi connectivity index (χ4v) is 11.3. The normalized spacial score (nSPS) is 35.1. The molecule has 27 heavy (non-hydrogen) atoms. The number of rotatable bonds is 5. The molecule has 0 unspecified atom stereocenters. The van der Waals surface area contributed by atoms with Crippen molar-refractivity contribution in [2.75, 3.05) is 17.3 Å². The second-order valence-electron chi connectivity index (χ2n) is 8.81. The maximum Gasteiger partial charge on any atom is 0.119 e. The Morgan fingerprint density at radius 3 is 2.48 bits per heavy atom. The van der Waals surface area contributed by atoms with Crippen LogP contribution < -0.4 is 0 Å². The molecular formula is C22H30O2S3. The third-order valence-corrected chi connectivity index (χ3v) is 12.8. The molecule has 0 radical (unpaired) electrons. The van der Waals surface area contributed by atoms with Crippen molar-refractivity contribution in [1.29, 1.82) is 0 Å². The quantitative estimate of drug-likeness (QED) is 0.711. The zero-order valence-electron chi connectivity index (χ0n) is 16.3. The van der Waals surface area contributed by atoms with Crippen molar-refractivity contribution in [3.63, 3.8) is 0 Å². The topological polar surface area (TPSA) is 37.3 Å². The van der Waals surface area contributed by atoms with Gasteiger partial charge in [0, 0.05) is 16.1 Å². The lowest BCUT2D eigenvalue weighted by atomic mass is 9.70. The Bertz CT molecular complexity index is 739. The number of thioether (sulfide) groups is 2. The van der Waals surface area contributed by atoms with E-state index in [0.717, 1.165) is 35.7 Å². The van der Waals surface area contributed by atoms with Crippen molar-refractivity contribution >= 4 is 34.3 Å². The number of aliphatic hydroxyl groups is 1. The fraction of sp³-hybridized carbons (Fsp3) is 0.636. The van der Waals surface area contributed by atoms with E-state index in [2.05, 4.69) is 44.7 Å².